The van der Waals surface area contributed by atoms with Crippen molar-refractivity contribution in [1.29, 1.82) is 0 Å². The summed E-state index contributed by atoms with van der Waals surface area (Å²) in [4.78, 5) is 15.7. The summed E-state index contributed by atoms with van der Waals surface area (Å²) in [5.74, 6) is -0.0822. The van der Waals surface area contributed by atoms with E-state index in [0.29, 0.717) is 0 Å². The van der Waals surface area contributed by atoms with Crippen molar-refractivity contribution in [2.45, 2.75) is 18.9 Å². The fourth-order valence-electron chi connectivity index (χ4n) is 1.83. The minimum absolute atomic E-state index is 0.0000463. The van der Waals surface area contributed by atoms with Crippen LogP contribution >= 0.6 is 0 Å². The summed E-state index contributed by atoms with van der Waals surface area (Å²) in [6, 6.07) is -0.0000463. The van der Waals surface area contributed by atoms with Gasteiger partial charge in [-0.3, -0.25) is 9.69 Å². The lowest BCUT2D eigenvalue weighted by Crippen LogP contribution is -2.40. The summed E-state index contributed by atoms with van der Waals surface area (Å²) in [6.45, 7) is 2.97. The van der Waals surface area contributed by atoms with Gasteiger partial charge in [-0.2, -0.15) is 0 Å². The molecule has 1 atom stereocenters. The minimum Gasteiger partial charge on any atom is -0.468 e. The zero-order valence-electron chi connectivity index (χ0n) is 9.32. The largest absolute Gasteiger partial charge is 0.468 e. The van der Waals surface area contributed by atoms with Crippen LogP contribution < -0.4 is 0 Å². The summed E-state index contributed by atoms with van der Waals surface area (Å²) in [5, 5.41) is 0. The van der Waals surface area contributed by atoms with Gasteiger partial charge in [-0.15, -0.1) is 0 Å². The van der Waals surface area contributed by atoms with Gasteiger partial charge in [-0.05, 0) is 33.5 Å². The Bertz CT molecular complexity index is 195. The molecule has 0 aliphatic carbocycles. The van der Waals surface area contributed by atoms with Crippen LogP contribution in [0.4, 0.5) is 0 Å². The number of methoxy groups -OCH3 is 1. The summed E-state index contributed by atoms with van der Waals surface area (Å²) in [5.41, 5.74) is 0. The first-order chi connectivity index (χ1) is 6.65. The van der Waals surface area contributed by atoms with Crippen LogP contribution in [0, 0.1) is 0 Å². The predicted molar refractivity (Wildman–Crippen MR) is 55.2 cm³/mol. The molecule has 0 aromatic rings. The van der Waals surface area contributed by atoms with Crippen LogP contribution in [-0.2, 0) is 9.53 Å². The molecular weight excluding hydrogens is 180 g/mol. The van der Waals surface area contributed by atoms with Crippen molar-refractivity contribution in [3.05, 3.63) is 0 Å². The van der Waals surface area contributed by atoms with E-state index in [-0.39, 0.29) is 12.0 Å². The predicted octanol–water partition coefficient (Wildman–Crippen LogP) is 0.185. The van der Waals surface area contributed by atoms with Crippen molar-refractivity contribution < 1.29 is 9.53 Å². The molecule has 0 saturated carbocycles. The quantitative estimate of drug-likeness (QED) is 0.606. The van der Waals surface area contributed by atoms with E-state index in [0.717, 1.165) is 32.5 Å². The molecule has 0 radical (unpaired) electrons. The number of nitrogens with zero attached hydrogens (tertiary/aromatic N) is 2. The molecule has 0 aromatic carbocycles. The monoisotopic (exact) mass is 200 g/mol. The molecule has 1 rings (SSSR count). The molecule has 82 valence electrons. The zero-order chi connectivity index (χ0) is 10.6. The average Bonchev–Trinajstić information content (AvgIpc) is 2.61. The molecule has 4 heteroatoms. The van der Waals surface area contributed by atoms with Gasteiger partial charge in [0.1, 0.15) is 6.04 Å². The Morgan fingerprint density at radius 1 is 1.57 bits per heavy atom. The Labute approximate surface area is 85.8 Å². The molecule has 4 nitrogen and oxygen atoms in total. The van der Waals surface area contributed by atoms with Gasteiger partial charge in [0, 0.05) is 13.1 Å². The maximum absolute atomic E-state index is 11.4. The normalized spacial score (nSPS) is 23.0. The van der Waals surface area contributed by atoms with Gasteiger partial charge in [0.25, 0.3) is 0 Å². The molecule has 0 bridgehead atoms. The third kappa shape index (κ3) is 2.96. The topological polar surface area (TPSA) is 32.8 Å². The minimum atomic E-state index is -0.0822. The number of hydrogen-bond donors (Lipinski definition) is 0. The smallest absolute Gasteiger partial charge is 0.323 e. The number of likely N-dealkylation sites (tertiary alicyclic amines) is 1. The molecule has 1 fully saturated rings. The Morgan fingerprint density at radius 3 is 2.86 bits per heavy atom. The summed E-state index contributed by atoms with van der Waals surface area (Å²) >= 11 is 0. The van der Waals surface area contributed by atoms with Gasteiger partial charge in [-0.25, -0.2) is 0 Å². The molecule has 1 unspecified atom stereocenters. The Morgan fingerprint density at radius 2 is 2.29 bits per heavy atom. The number of hydrogen-bond acceptors (Lipinski definition) is 4. The number of esters is 1. The number of rotatable bonds is 4. The summed E-state index contributed by atoms with van der Waals surface area (Å²) < 4.78 is 4.78. The molecule has 0 N–H and O–H groups in total. The number of carbonyl (C=O) groups excluding carboxylic acids is 1. The lowest BCUT2D eigenvalue weighted by Gasteiger charge is -2.23. The van der Waals surface area contributed by atoms with E-state index in [1.807, 2.05) is 14.1 Å². The second kappa shape index (κ2) is 5.32. The van der Waals surface area contributed by atoms with E-state index in [4.69, 9.17) is 4.74 Å². The number of ether oxygens (including phenoxy) is 1. The van der Waals surface area contributed by atoms with Crippen LogP contribution in [-0.4, -0.2) is 62.7 Å². The standard InChI is InChI=1S/C10H20N2O2/c1-11(2)7-8-12-6-4-5-9(12)10(13)14-3/h9H,4-8H2,1-3H3. The first-order valence-corrected chi connectivity index (χ1v) is 5.11. The van der Waals surface area contributed by atoms with Gasteiger partial charge >= 0.3 is 5.97 Å². The van der Waals surface area contributed by atoms with Crippen molar-refractivity contribution >= 4 is 5.97 Å². The Kier molecular flexibility index (Phi) is 4.35. The maximum Gasteiger partial charge on any atom is 0.323 e. The van der Waals surface area contributed by atoms with Crippen LogP contribution in [0.15, 0.2) is 0 Å². The molecule has 1 saturated heterocycles. The second-order valence-electron chi connectivity index (χ2n) is 4.02. The maximum atomic E-state index is 11.4. The average molecular weight is 200 g/mol. The van der Waals surface area contributed by atoms with Crippen molar-refractivity contribution in [1.82, 2.24) is 9.80 Å². The van der Waals surface area contributed by atoms with E-state index >= 15 is 0 Å². The second-order valence-corrected chi connectivity index (χ2v) is 4.02. The van der Waals surface area contributed by atoms with Gasteiger partial charge in [0.05, 0.1) is 7.11 Å². The van der Waals surface area contributed by atoms with Crippen LogP contribution in [0.2, 0.25) is 0 Å². The molecule has 0 amide bonds. The zero-order valence-corrected chi connectivity index (χ0v) is 9.32. The number of likely N-dealkylation sites (N-methyl/N-ethyl adjacent to an activating group) is 1. The Balaban J connectivity index is 2.39. The van der Waals surface area contributed by atoms with Crippen LogP contribution in [0.5, 0.6) is 0 Å². The fourth-order valence-corrected chi connectivity index (χ4v) is 1.83. The SMILES string of the molecule is COC(=O)C1CCCN1CCN(C)C. The summed E-state index contributed by atoms with van der Waals surface area (Å²) in [6.07, 6.45) is 2.05. The van der Waals surface area contributed by atoms with E-state index in [1.54, 1.807) is 0 Å². The molecule has 14 heavy (non-hydrogen) atoms. The van der Waals surface area contributed by atoms with Crippen LogP contribution in [0.1, 0.15) is 12.8 Å². The van der Waals surface area contributed by atoms with E-state index in [9.17, 15) is 4.79 Å². The van der Waals surface area contributed by atoms with Gasteiger partial charge in [0.2, 0.25) is 0 Å². The van der Waals surface area contributed by atoms with E-state index < -0.39 is 0 Å². The fraction of sp³-hybridized carbons (Fsp3) is 0.900. The van der Waals surface area contributed by atoms with Crippen LogP contribution in [0.25, 0.3) is 0 Å². The highest BCUT2D eigenvalue weighted by molar-refractivity contribution is 5.75. The van der Waals surface area contributed by atoms with Crippen LogP contribution in [0.3, 0.4) is 0 Å². The number of carbonyl (C=O) groups is 1. The highest BCUT2D eigenvalue weighted by Gasteiger charge is 2.30. The molecule has 1 aliphatic rings. The van der Waals surface area contributed by atoms with E-state index in [1.165, 1.54) is 7.11 Å². The third-order valence-electron chi connectivity index (χ3n) is 2.67. The molecule has 0 spiro atoms. The molecule has 0 aromatic heterocycles. The molecule has 1 heterocycles. The molecular formula is C10H20N2O2. The van der Waals surface area contributed by atoms with Crippen molar-refractivity contribution in [2.24, 2.45) is 0 Å². The van der Waals surface area contributed by atoms with E-state index in [2.05, 4.69) is 9.80 Å². The highest BCUT2D eigenvalue weighted by Crippen LogP contribution is 2.17. The van der Waals surface area contributed by atoms with Gasteiger partial charge in [-0.1, -0.05) is 0 Å². The first kappa shape index (κ1) is 11.5. The van der Waals surface area contributed by atoms with Crippen molar-refractivity contribution in [2.75, 3.05) is 40.8 Å². The lowest BCUT2D eigenvalue weighted by molar-refractivity contribution is -0.145. The molecule has 1 aliphatic heterocycles. The lowest BCUT2D eigenvalue weighted by atomic mass is 10.2. The Hall–Kier alpha value is -0.610. The highest BCUT2D eigenvalue weighted by atomic mass is 16.5. The van der Waals surface area contributed by atoms with Gasteiger partial charge in [0.15, 0.2) is 0 Å². The van der Waals surface area contributed by atoms with Crippen molar-refractivity contribution in [3.63, 3.8) is 0 Å². The summed E-state index contributed by atoms with van der Waals surface area (Å²) in [7, 11) is 5.55. The third-order valence-corrected chi connectivity index (χ3v) is 2.67. The van der Waals surface area contributed by atoms with Gasteiger partial charge < -0.3 is 9.64 Å². The van der Waals surface area contributed by atoms with Crippen molar-refractivity contribution in [3.8, 4) is 0 Å². The first-order valence-electron chi connectivity index (χ1n) is 5.11.